The highest BCUT2D eigenvalue weighted by Gasteiger charge is 2.42. The van der Waals surface area contributed by atoms with Gasteiger partial charge in [-0.15, -0.1) is 0 Å². The lowest BCUT2D eigenvalue weighted by molar-refractivity contribution is -0.384. The standard InChI is InChI=1S/C18H26N4O4S/c23-22(24)15-1-3-17(4-2-15)27(25,26)21-11-7-18(8-12-21)5-9-20(10-6-18)16-13-19-14-16/h1-4,16,19H,5-14H2. The molecule has 0 radical (unpaired) electrons. The molecule has 1 spiro atoms. The molecule has 0 aliphatic carbocycles. The summed E-state index contributed by atoms with van der Waals surface area (Å²) in [5, 5.41) is 14.1. The maximum Gasteiger partial charge on any atom is 0.269 e. The van der Waals surface area contributed by atoms with Gasteiger partial charge in [0, 0.05) is 44.4 Å². The summed E-state index contributed by atoms with van der Waals surface area (Å²) in [7, 11) is -3.59. The van der Waals surface area contributed by atoms with Gasteiger partial charge < -0.3 is 5.32 Å². The van der Waals surface area contributed by atoms with Crippen molar-refractivity contribution in [1.82, 2.24) is 14.5 Å². The molecule has 0 bridgehead atoms. The smallest absolute Gasteiger partial charge is 0.269 e. The molecule has 0 unspecified atom stereocenters. The van der Waals surface area contributed by atoms with Crippen LogP contribution in [0.2, 0.25) is 0 Å². The van der Waals surface area contributed by atoms with Crippen LogP contribution >= 0.6 is 0 Å². The molecule has 3 saturated heterocycles. The summed E-state index contributed by atoms with van der Waals surface area (Å²) in [4.78, 5) is 12.9. The Hall–Kier alpha value is -1.55. The molecule has 0 amide bonds. The predicted molar refractivity (Wildman–Crippen MR) is 101 cm³/mol. The summed E-state index contributed by atoms with van der Waals surface area (Å²) in [5.41, 5.74) is 0.176. The topological polar surface area (TPSA) is 95.8 Å². The molecular weight excluding hydrogens is 368 g/mol. The van der Waals surface area contributed by atoms with E-state index in [4.69, 9.17) is 0 Å². The first-order valence-corrected chi connectivity index (χ1v) is 11.0. The van der Waals surface area contributed by atoms with Crippen molar-refractivity contribution in [2.75, 3.05) is 39.3 Å². The highest BCUT2D eigenvalue weighted by molar-refractivity contribution is 7.89. The largest absolute Gasteiger partial charge is 0.314 e. The average molecular weight is 394 g/mol. The molecule has 3 heterocycles. The Kier molecular flexibility index (Phi) is 4.96. The number of nitro groups is 1. The van der Waals surface area contributed by atoms with Crippen molar-refractivity contribution < 1.29 is 13.3 Å². The highest BCUT2D eigenvalue weighted by Crippen LogP contribution is 2.42. The molecule has 9 heteroatoms. The third kappa shape index (κ3) is 3.61. The predicted octanol–water partition coefficient (Wildman–Crippen LogP) is 1.43. The number of hydrogen-bond donors (Lipinski definition) is 1. The lowest BCUT2D eigenvalue weighted by Gasteiger charge is -2.49. The van der Waals surface area contributed by atoms with Crippen molar-refractivity contribution in [1.29, 1.82) is 0 Å². The molecule has 3 aliphatic rings. The molecule has 27 heavy (non-hydrogen) atoms. The summed E-state index contributed by atoms with van der Waals surface area (Å²) in [5.74, 6) is 0. The Balaban J connectivity index is 1.37. The third-order valence-electron chi connectivity index (χ3n) is 6.60. The van der Waals surface area contributed by atoms with Crippen molar-refractivity contribution in [3.63, 3.8) is 0 Å². The fourth-order valence-electron chi connectivity index (χ4n) is 4.48. The number of benzene rings is 1. The zero-order chi connectivity index (χ0) is 19.1. The summed E-state index contributed by atoms with van der Waals surface area (Å²) >= 11 is 0. The SMILES string of the molecule is O=[N+]([O-])c1ccc(S(=O)(=O)N2CCC3(CCN(C4CNC4)CC3)CC2)cc1. The fraction of sp³-hybridized carbons (Fsp3) is 0.667. The summed E-state index contributed by atoms with van der Waals surface area (Å²) < 4.78 is 27.3. The first kappa shape index (κ1) is 18.8. The van der Waals surface area contributed by atoms with E-state index in [9.17, 15) is 18.5 Å². The van der Waals surface area contributed by atoms with Crippen LogP contribution in [0.15, 0.2) is 29.2 Å². The van der Waals surface area contributed by atoms with Crippen LogP contribution in [-0.2, 0) is 10.0 Å². The maximum absolute atomic E-state index is 12.9. The van der Waals surface area contributed by atoms with Crippen molar-refractivity contribution >= 4 is 15.7 Å². The number of piperidine rings is 2. The van der Waals surface area contributed by atoms with Crippen LogP contribution in [0.5, 0.6) is 0 Å². The number of nitrogens with one attached hydrogen (secondary N) is 1. The summed E-state index contributed by atoms with van der Waals surface area (Å²) in [6.07, 6.45) is 4.09. The lowest BCUT2D eigenvalue weighted by atomic mass is 9.71. The minimum Gasteiger partial charge on any atom is -0.314 e. The molecule has 0 saturated carbocycles. The zero-order valence-corrected chi connectivity index (χ0v) is 16.2. The Bertz CT molecular complexity index is 789. The Labute approximate surface area is 159 Å². The summed E-state index contributed by atoms with van der Waals surface area (Å²) in [6, 6.07) is 5.86. The third-order valence-corrected chi connectivity index (χ3v) is 8.52. The zero-order valence-electron chi connectivity index (χ0n) is 15.3. The van der Waals surface area contributed by atoms with Crippen LogP contribution in [0.25, 0.3) is 0 Å². The van der Waals surface area contributed by atoms with Crippen LogP contribution in [-0.4, -0.2) is 67.9 Å². The first-order chi connectivity index (χ1) is 12.9. The van der Waals surface area contributed by atoms with E-state index in [1.807, 2.05) is 0 Å². The van der Waals surface area contributed by atoms with E-state index in [1.54, 1.807) is 4.31 Å². The molecule has 148 valence electrons. The average Bonchev–Trinajstić information content (AvgIpc) is 2.63. The molecule has 1 aromatic rings. The second-order valence-corrected chi connectivity index (χ2v) is 9.94. The van der Waals surface area contributed by atoms with Gasteiger partial charge in [-0.1, -0.05) is 0 Å². The number of non-ortho nitro benzene ring substituents is 1. The van der Waals surface area contributed by atoms with Crippen molar-refractivity contribution in [3.05, 3.63) is 34.4 Å². The second-order valence-electron chi connectivity index (χ2n) is 8.00. The Morgan fingerprint density at radius 1 is 1.00 bits per heavy atom. The second kappa shape index (κ2) is 7.12. The number of rotatable bonds is 4. The van der Waals surface area contributed by atoms with Gasteiger partial charge in [0.25, 0.3) is 5.69 Å². The minimum absolute atomic E-state index is 0.0973. The van der Waals surface area contributed by atoms with E-state index in [1.165, 1.54) is 24.3 Å². The van der Waals surface area contributed by atoms with Crippen LogP contribution in [0, 0.1) is 15.5 Å². The fourth-order valence-corrected chi connectivity index (χ4v) is 5.93. The van der Waals surface area contributed by atoms with E-state index in [-0.39, 0.29) is 16.0 Å². The van der Waals surface area contributed by atoms with Gasteiger partial charge in [0.05, 0.1) is 9.82 Å². The Morgan fingerprint density at radius 3 is 2.04 bits per heavy atom. The van der Waals surface area contributed by atoms with E-state index in [0.717, 1.165) is 51.9 Å². The number of nitro benzene ring substituents is 1. The maximum atomic E-state index is 12.9. The van der Waals surface area contributed by atoms with Gasteiger partial charge >= 0.3 is 0 Å². The number of likely N-dealkylation sites (tertiary alicyclic amines) is 1. The first-order valence-electron chi connectivity index (χ1n) is 9.59. The van der Waals surface area contributed by atoms with E-state index in [0.29, 0.717) is 19.1 Å². The quantitative estimate of drug-likeness (QED) is 0.613. The molecule has 1 N–H and O–H groups in total. The Morgan fingerprint density at radius 2 is 1.56 bits per heavy atom. The van der Waals surface area contributed by atoms with Crippen LogP contribution in [0.4, 0.5) is 5.69 Å². The molecule has 3 aliphatic heterocycles. The highest BCUT2D eigenvalue weighted by atomic mass is 32.2. The number of hydrogen-bond acceptors (Lipinski definition) is 6. The molecule has 1 aromatic carbocycles. The van der Waals surface area contributed by atoms with Crippen molar-refractivity contribution in [2.24, 2.45) is 5.41 Å². The van der Waals surface area contributed by atoms with Gasteiger partial charge in [0.2, 0.25) is 10.0 Å². The monoisotopic (exact) mass is 394 g/mol. The van der Waals surface area contributed by atoms with Gasteiger partial charge in [0.15, 0.2) is 0 Å². The molecule has 8 nitrogen and oxygen atoms in total. The van der Waals surface area contributed by atoms with Gasteiger partial charge in [-0.2, -0.15) is 4.31 Å². The normalized spacial score (nSPS) is 24.6. The van der Waals surface area contributed by atoms with E-state index >= 15 is 0 Å². The van der Waals surface area contributed by atoms with E-state index in [2.05, 4.69) is 10.2 Å². The molecular formula is C18H26N4O4S. The van der Waals surface area contributed by atoms with Gasteiger partial charge in [-0.05, 0) is 56.3 Å². The molecule has 0 aromatic heterocycles. The van der Waals surface area contributed by atoms with Crippen LogP contribution < -0.4 is 5.32 Å². The molecule has 0 atom stereocenters. The van der Waals surface area contributed by atoms with Gasteiger partial charge in [-0.3, -0.25) is 15.0 Å². The summed E-state index contributed by atoms with van der Waals surface area (Å²) in [6.45, 7) is 5.47. The number of nitrogens with zero attached hydrogens (tertiary/aromatic N) is 3. The number of sulfonamides is 1. The minimum atomic E-state index is -3.59. The van der Waals surface area contributed by atoms with Crippen LogP contribution in [0.1, 0.15) is 25.7 Å². The van der Waals surface area contributed by atoms with Crippen molar-refractivity contribution in [3.8, 4) is 0 Å². The lowest BCUT2D eigenvalue weighted by Crippen LogP contribution is -2.60. The van der Waals surface area contributed by atoms with Crippen LogP contribution in [0.3, 0.4) is 0 Å². The molecule has 4 rings (SSSR count). The van der Waals surface area contributed by atoms with Gasteiger partial charge in [0.1, 0.15) is 0 Å². The van der Waals surface area contributed by atoms with Gasteiger partial charge in [-0.25, -0.2) is 8.42 Å². The van der Waals surface area contributed by atoms with Crippen molar-refractivity contribution in [2.45, 2.75) is 36.6 Å². The van der Waals surface area contributed by atoms with E-state index < -0.39 is 14.9 Å². The molecule has 3 fully saturated rings.